The van der Waals surface area contributed by atoms with E-state index in [1.807, 2.05) is 0 Å². The second kappa shape index (κ2) is 2.95. The van der Waals surface area contributed by atoms with E-state index in [1.165, 1.54) is 6.20 Å². The predicted octanol–water partition coefficient (Wildman–Crippen LogP) is 0.958. The van der Waals surface area contributed by atoms with Crippen LogP contribution in [0.4, 0.5) is 14.9 Å². The summed E-state index contributed by atoms with van der Waals surface area (Å²) in [5.41, 5.74) is 0.478. The Labute approximate surface area is 77.0 Å². The van der Waals surface area contributed by atoms with Crippen molar-refractivity contribution in [1.29, 1.82) is 0 Å². The molecule has 0 spiro atoms. The van der Waals surface area contributed by atoms with E-state index in [9.17, 15) is 9.18 Å². The summed E-state index contributed by atoms with van der Waals surface area (Å²) >= 11 is 0. The number of amides is 1. The lowest BCUT2D eigenvalue weighted by Gasteiger charge is -1.96. The second-order valence-electron chi connectivity index (χ2n) is 2.53. The molecule has 14 heavy (non-hydrogen) atoms. The van der Waals surface area contributed by atoms with Gasteiger partial charge in [-0.1, -0.05) is 0 Å². The minimum atomic E-state index is -1.22. The molecule has 0 aromatic carbocycles. The number of fused-ring (bicyclic) bond motifs is 1. The third-order valence-corrected chi connectivity index (χ3v) is 1.57. The Morgan fingerprint density at radius 2 is 2.36 bits per heavy atom. The highest BCUT2D eigenvalue weighted by Crippen LogP contribution is 2.13. The maximum absolute atomic E-state index is 12.6. The number of nitrogens with zero attached hydrogens (tertiary/aromatic N) is 3. The number of anilines is 1. The number of halogens is 1. The molecule has 6 nitrogen and oxygen atoms in total. The summed E-state index contributed by atoms with van der Waals surface area (Å²) in [6, 6.07) is 0. The molecule has 72 valence electrons. The summed E-state index contributed by atoms with van der Waals surface area (Å²) in [7, 11) is 0. The van der Waals surface area contributed by atoms with Gasteiger partial charge in [0, 0.05) is 0 Å². The molecule has 0 unspecified atom stereocenters. The smallest absolute Gasteiger partial charge is 0.409 e. The summed E-state index contributed by atoms with van der Waals surface area (Å²) in [6.45, 7) is 0. The Hall–Kier alpha value is -2.18. The van der Waals surface area contributed by atoms with Gasteiger partial charge in [0.1, 0.15) is 5.69 Å². The minimum Gasteiger partial charge on any atom is -0.465 e. The molecule has 2 rings (SSSR count). The standard InChI is InChI=1S/C7H5FN4O2/c8-4-1-9-6-5(11-7(13)14)2-10-12(6)3-4/h1-3,11H,(H,13,14). The summed E-state index contributed by atoms with van der Waals surface area (Å²) in [6.07, 6.45) is 2.14. The van der Waals surface area contributed by atoms with Crippen molar-refractivity contribution in [3.05, 3.63) is 24.4 Å². The van der Waals surface area contributed by atoms with Crippen molar-refractivity contribution < 1.29 is 14.3 Å². The largest absolute Gasteiger partial charge is 0.465 e. The van der Waals surface area contributed by atoms with Gasteiger partial charge in [-0.2, -0.15) is 5.10 Å². The molecule has 0 saturated carbocycles. The normalized spacial score (nSPS) is 10.4. The van der Waals surface area contributed by atoms with Crippen LogP contribution in [-0.2, 0) is 0 Å². The molecule has 0 saturated heterocycles. The number of hydrogen-bond donors (Lipinski definition) is 2. The average molecular weight is 196 g/mol. The zero-order valence-corrected chi connectivity index (χ0v) is 6.81. The van der Waals surface area contributed by atoms with Crippen LogP contribution in [0, 0.1) is 5.82 Å². The molecule has 0 radical (unpaired) electrons. The summed E-state index contributed by atoms with van der Waals surface area (Å²) < 4.78 is 13.8. The molecule has 0 atom stereocenters. The van der Waals surface area contributed by atoms with Crippen molar-refractivity contribution in [2.45, 2.75) is 0 Å². The van der Waals surface area contributed by atoms with Crippen molar-refractivity contribution in [3.63, 3.8) is 0 Å². The number of carboxylic acid groups (broad SMARTS) is 1. The second-order valence-corrected chi connectivity index (χ2v) is 2.53. The number of rotatable bonds is 1. The minimum absolute atomic E-state index is 0.220. The molecule has 0 aliphatic heterocycles. The fraction of sp³-hybridized carbons (Fsp3) is 0. The van der Waals surface area contributed by atoms with Crippen LogP contribution >= 0.6 is 0 Å². The van der Waals surface area contributed by atoms with Crippen LogP contribution in [0.15, 0.2) is 18.6 Å². The Kier molecular flexibility index (Phi) is 1.77. The van der Waals surface area contributed by atoms with Gasteiger partial charge in [-0.15, -0.1) is 0 Å². The monoisotopic (exact) mass is 196 g/mol. The number of hydrogen-bond acceptors (Lipinski definition) is 3. The van der Waals surface area contributed by atoms with Gasteiger partial charge in [0.15, 0.2) is 11.5 Å². The van der Waals surface area contributed by atoms with E-state index in [0.29, 0.717) is 0 Å². The SMILES string of the molecule is O=C(O)Nc1cnn2cc(F)cnc12. The Bertz CT molecular complexity index is 495. The van der Waals surface area contributed by atoms with E-state index in [2.05, 4.69) is 15.4 Å². The average Bonchev–Trinajstić information content (AvgIpc) is 2.47. The van der Waals surface area contributed by atoms with Crippen LogP contribution in [0.2, 0.25) is 0 Å². The van der Waals surface area contributed by atoms with Gasteiger partial charge in [-0.05, 0) is 0 Å². The Balaban J connectivity index is 2.52. The van der Waals surface area contributed by atoms with Crippen molar-refractivity contribution in [2.75, 3.05) is 5.32 Å². The molecule has 7 heteroatoms. The maximum Gasteiger partial charge on any atom is 0.409 e. The number of carbonyl (C=O) groups is 1. The van der Waals surface area contributed by atoms with Crippen LogP contribution in [0.25, 0.3) is 5.65 Å². The van der Waals surface area contributed by atoms with Crippen LogP contribution in [0.1, 0.15) is 0 Å². The van der Waals surface area contributed by atoms with Gasteiger partial charge in [0.05, 0.1) is 18.6 Å². The fourth-order valence-corrected chi connectivity index (χ4v) is 1.06. The molecule has 2 aromatic heterocycles. The lowest BCUT2D eigenvalue weighted by molar-refractivity contribution is 0.210. The molecular formula is C7H5FN4O2. The molecule has 1 amide bonds. The quantitative estimate of drug-likeness (QED) is 0.711. The first-order valence-corrected chi connectivity index (χ1v) is 3.65. The molecular weight excluding hydrogens is 191 g/mol. The van der Waals surface area contributed by atoms with E-state index < -0.39 is 11.9 Å². The lowest BCUT2D eigenvalue weighted by Crippen LogP contribution is -2.07. The highest BCUT2D eigenvalue weighted by molar-refractivity contribution is 5.87. The lowest BCUT2D eigenvalue weighted by atomic mass is 10.5. The van der Waals surface area contributed by atoms with Gasteiger partial charge in [-0.3, -0.25) is 5.32 Å². The highest BCUT2D eigenvalue weighted by atomic mass is 19.1. The summed E-state index contributed by atoms with van der Waals surface area (Å²) in [4.78, 5) is 14.0. The molecule has 0 aliphatic carbocycles. The van der Waals surface area contributed by atoms with Crippen LogP contribution < -0.4 is 5.32 Å². The van der Waals surface area contributed by atoms with Gasteiger partial charge >= 0.3 is 6.09 Å². The number of aromatic nitrogens is 3. The fourth-order valence-electron chi connectivity index (χ4n) is 1.06. The third kappa shape index (κ3) is 1.35. The molecule has 2 aromatic rings. The molecule has 2 heterocycles. The van der Waals surface area contributed by atoms with Crippen molar-refractivity contribution in [1.82, 2.24) is 14.6 Å². The maximum atomic E-state index is 12.6. The first-order valence-electron chi connectivity index (χ1n) is 3.65. The third-order valence-electron chi connectivity index (χ3n) is 1.57. The van der Waals surface area contributed by atoms with Gasteiger partial charge in [-0.25, -0.2) is 18.7 Å². The Morgan fingerprint density at radius 3 is 3.07 bits per heavy atom. The first-order chi connectivity index (χ1) is 6.66. The molecule has 0 aliphatic rings. The van der Waals surface area contributed by atoms with Gasteiger partial charge in [0.25, 0.3) is 0 Å². The van der Waals surface area contributed by atoms with E-state index in [4.69, 9.17) is 5.11 Å². The van der Waals surface area contributed by atoms with Gasteiger partial charge in [0.2, 0.25) is 0 Å². The number of nitrogens with one attached hydrogen (secondary N) is 1. The van der Waals surface area contributed by atoms with Gasteiger partial charge < -0.3 is 5.11 Å². The van der Waals surface area contributed by atoms with E-state index >= 15 is 0 Å². The van der Waals surface area contributed by atoms with Crippen LogP contribution in [-0.4, -0.2) is 25.8 Å². The van der Waals surface area contributed by atoms with E-state index in [1.54, 1.807) is 0 Å². The Morgan fingerprint density at radius 1 is 1.57 bits per heavy atom. The van der Waals surface area contributed by atoms with E-state index in [-0.39, 0.29) is 11.3 Å². The highest BCUT2D eigenvalue weighted by Gasteiger charge is 2.07. The zero-order chi connectivity index (χ0) is 10.1. The molecule has 0 fully saturated rings. The predicted molar refractivity (Wildman–Crippen MR) is 44.6 cm³/mol. The van der Waals surface area contributed by atoms with Crippen molar-refractivity contribution >= 4 is 17.4 Å². The van der Waals surface area contributed by atoms with Crippen molar-refractivity contribution in [3.8, 4) is 0 Å². The van der Waals surface area contributed by atoms with Crippen LogP contribution in [0.5, 0.6) is 0 Å². The molecule has 2 N–H and O–H groups in total. The van der Waals surface area contributed by atoms with Crippen LogP contribution in [0.3, 0.4) is 0 Å². The summed E-state index contributed by atoms with van der Waals surface area (Å²) in [5, 5.41) is 14.3. The zero-order valence-electron chi connectivity index (χ0n) is 6.81. The molecule has 0 bridgehead atoms. The summed E-state index contributed by atoms with van der Waals surface area (Å²) in [5.74, 6) is -0.539. The first kappa shape index (κ1) is 8.42. The van der Waals surface area contributed by atoms with Crippen molar-refractivity contribution in [2.24, 2.45) is 0 Å². The van der Waals surface area contributed by atoms with E-state index in [0.717, 1.165) is 16.9 Å². The topological polar surface area (TPSA) is 79.5 Å².